The first-order valence-electron chi connectivity index (χ1n) is 9.02. The van der Waals surface area contributed by atoms with Gasteiger partial charge in [-0.15, -0.1) is 0 Å². The molecule has 2 N–H and O–H groups in total. The fourth-order valence-corrected chi connectivity index (χ4v) is 3.20. The fourth-order valence-electron chi connectivity index (χ4n) is 3.20. The van der Waals surface area contributed by atoms with Crippen LogP contribution < -0.4 is 15.5 Å². The van der Waals surface area contributed by atoms with Gasteiger partial charge >= 0.3 is 0 Å². The molecule has 3 atom stereocenters. The van der Waals surface area contributed by atoms with Crippen molar-refractivity contribution < 1.29 is 18.4 Å². The predicted molar refractivity (Wildman–Crippen MR) is 102 cm³/mol. The second kappa shape index (κ2) is 7.96. The maximum atomic E-state index is 14.6. The van der Waals surface area contributed by atoms with Crippen LogP contribution >= 0.6 is 0 Å². The van der Waals surface area contributed by atoms with Crippen LogP contribution in [0.5, 0.6) is 0 Å². The number of ether oxygens (including phenoxy) is 1. The second-order valence-corrected chi connectivity index (χ2v) is 7.01. The molecule has 1 fully saturated rings. The Morgan fingerprint density at radius 2 is 2.00 bits per heavy atom. The molecule has 0 radical (unpaired) electrons. The van der Waals surface area contributed by atoms with Crippen molar-refractivity contribution in [3.8, 4) is 0 Å². The van der Waals surface area contributed by atoms with Crippen molar-refractivity contribution in [1.82, 2.24) is 5.16 Å². The number of aromatic nitrogens is 1. The van der Waals surface area contributed by atoms with Crippen LogP contribution in [0.25, 0.3) is 0 Å². The molecule has 0 unspecified atom stereocenters. The standard InChI is InChI=1S/C19H25FN4O3/c1-11-7-18(23-27-11)22-19(25)14(4)21-15-5-6-17(16(20)8-15)24-9-12(2)26-13(3)10-24/h5-8,12-14,21H,9-10H2,1-4H3,(H,22,23,25)/t12-,13+,14-/m0/s1. The van der Waals surface area contributed by atoms with Gasteiger partial charge in [-0.25, -0.2) is 4.39 Å². The minimum atomic E-state index is -0.573. The number of aryl methyl sites for hydroxylation is 1. The summed E-state index contributed by atoms with van der Waals surface area (Å²) >= 11 is 0. The Bertz CT molecular complexity index is 800. The maximum absolute atomic E-state index is 14.6. The number of morpholine rings is 1. The van der Waals surface area contributed by atoms with E-state index in [2.05, 4.69) is 15.8 Å². The van der Waals surface area contributed by atoms with E-state index >= 15 is 0 Å². The maximum Gasteiger partial charge on any atom is 0.247 e. The third-order valence-corrected chi connectivity index (χ3v) is 4.36. The van der Waals surface area contributed by atoms with Crippen LogP contribution in [0.2, 0.25) is 0 Å². The summed E-state index contributed by atoms with van der Waals surface area (Å²) in [6, 6.07) is 5.96. The molecule has 0 bridgehead atoms. The minimum absolute atomic E-state index is 0.0508. The molecule has 1 aliphatic rings. The molecule has 1 aromatic carbocycles. The molecule has 0 spiro atoms. The van der Waals surface area contributed by atoms with Gasteiger partial charge in [0.2, 0.25) is 5.91 Å². The Morgan fingerprint density at radius 3 is 2.59 bits per heavy atom. The van der Waals surface area contributed by atoms with E-state index in [9.17, 15) is 9.18 Å². The molecule has 8 heteroatoms. The summed E-state index contributed by atoms with van der Waals surface area (Å²) in [6.45, 7) is 8.68. The van der Waals surface area contributed by atoms with Crippen molar-refractivity contribution in [1.29, 1.82) is 0 Å². The van der Waals surface area contributed by atoms with Gasteiger partial charge in [-0.2, -0.15) is 0 Å². The average molecular weight is 376 g/mol. The minimum Gasteiger partial charge on any atom is -0.374 e. The zero-order chi connectivity index (χ0) is 19.6. The number of hydrogen-bond acceptors (Lipinski definition) is 6. The van der Waals surface area contributed by atoms with Crippen molar-refractivity contribution in [3.63, 3.8) is 0 Å². The molecule has 2 heterocycles. The molecular formula is C19H25FN4O3. The lowest BCUT2D eigenvalue weighted by Gasteiger charge is -2.37. The molecule has 2 aromatic rings. The molecule has 1 aromatic heterocycles. The first-order valence-corrected chi connectivity index (χ1v) is 9.02. The Labute approximate surface area is 157 Å². The molecular weight excluding hydrogens is 351 g/mol. The summed E-state index contributed by atoms with van der Waals surface area (Å²) < 4.78 is 25.3. The number of nitrogens with zero attached hydrogens (tertiary/aromatic N) is 2. The SMILES string of the molecule is Cc1cc(NC(=O)[C@H](C)Nc2ccc(N3C[C@@H](C)O[C@@H](C)C3)c(F)c2)no1. The Balaban J connectivity index is 1.63. The average Bonchev–Trinajstić information content (AvgIpc) is 2.98. The van der Waals surface area contributed by atoms with Crippen LogP contribution in [0.1, 0.15) is 26.5 Å². The van der Waals surface area contributed by atoms with E-state index in [-0.39, 0.29) is 23.9 Å². The molecule has 146 valence electrons. The fraction of sp³-hybridized carbons (Fsp3) is 0.474. The number of nitrogens with one attached hydrogen (secondary N) is 2. The van der Waals surface area contributed by atoms with Crippen molar-refractivity contribution in [2.45, 2.75) is 45.9 Å². The van der Waals surface area contributed by atoms with Crippen LogP contribution in [0.15, 0.2) is 28.8 Å². The van der Waals surface area contributed by atoms with Gasteiger partial charge in [-0.1, -0.05) is 5.16 Å². The first kappa shape index (κ1) is 19.2. The van der Waals surface area contributed by atoms with Gasteiger partial charge in [0.25, 0.3) is 0 Å². The van der Waals surface area contributed by atoms with Gasteiger partial charge < -0.3 is 24.8 Å². The number of anilines is 3. The van der Waals surface area contributed by atoms with Gasteiger partial charge in [-0.05, 0) is 45.9 Å². The number of hydrogen-bond donors (Lipinski definition) is 2. The lowest BCUT2D eigenvalue weighted by Crippen LogP contribution is -2.45. The molecule has 3 rings (SSSR count). The predicted octanol–water partition coefficient (Wildman–Crippen LogP) is 3.17. The Kier molecular flexibility index (Phi) is 5.65. The highest BCUT2D eigenvalue weighted by Crippen LogP contribution is 2.26. The van der Waals surface area contributed by atoms with Crippen molar-refractivity contribution in [3.05, 3.63) is 35.8 Å². The number of carbonyl (C=O) groups is 1. The van der Waals surface area contributed by atoms with Gasteiger partial charge in [0.15, 0.2) is 5.82 Å². The van der Waals surface area contributed by atoms with E-state index < -0.39 is 6.04 Å². The van der Waals surface area contributed by atoms with Crippen LogP contribution in [0.4, 0.5) is 21.6 Å². The summed E-state index contributed by atoms with van der Waals surface area (Å²) in [5.74, 6) is 0.336. The van der Waals surface area contributed by atoms with Crippen LogP contribution in [0.3, 0.4) is 0 Å². The summed E-state index contributed by atoms with van der Waals surface area (Å²) in [6.07, 6.45) is 0.102. The van der Waals surface area contributed by atoms with E-state index in [1.54, 1.807) is 32.0 Å². The molecule has 1 saturated heterocycles. The quantitative estimate of drug-likeness (QED) is 0.834. The monoisotopic (exact) mass is 376 g/mol. The summed E-state index contributed by atoms with van der Waals surface area (Å²) in [4.78, 5) is 14.2. The first-order chi connectivity index (χ1) is 12.8. The number of amides is 1. The van der Waals surface area contributed by atoms with Crippen LogP contribution in [-0.2, 0) is 9.53 Å². The molecule has 7 nitrogen and oxygen atoms in total. The van der Waals surface area contributed by atoms with E-state index in [0.29, 0.717) is 36.0 Å². The smallest absolute Gasteiger partial charge is 0.247 e. The van der Waals surface area contributed by atoms with E-state index in [1.165, 1.54) is 6.07 Å². The van der Waals surface area contributed by atoms with E-state index in [4.69, 9.17) is 9.26 Å². The summed E-state index contributed by atoms with van der Waals surface area (Å²) in [5, 5.41) is 9.38. The molecule has 0 aliphatic carbocycles. The summed E-state index contributed by atoms with van der Waals surface area (Å²) in [5.41, 5.74) is 1.07. The van der Waals surface area contributed by atoms with Gasteiger partial charge in [-0.3, -0.25) is 4.79 Å². The lowest BCUT2D eigenvalue weighted by atomic mass is 10.1. The third-order valence-electron chi connectivity index (χ3n) is 4.36. The third kappa shape index (κ3) is 4.77. The van der Waals surface area contributed by atoms with Gasteiger partial charge in [0, 0.05) is 24.8 Å². The van der Waals surface area contributed by atoms with Crippen molar-refractivity contribution >= 4 is 23.1 Å². The normalized spacial score (nSPS) is 21.0. The molecule has 0 saturated carbocycles. The van der Waals surface area contributed by atoms with Gasteiger partial charge in [0.1, 0.15) is 17.6 Å². The number of halogens is 1. The largest absolute Gasteiger partial charge is 0.374 e. The molecule has 27 heavy (non-hydrogen) atoms. The number of rotatable bonds is 5. The Morgan fingerprint density at radius 1 is 1.30 bits per heavy atom. The van der Waals surface area contributed by atoms with Crippen LogP contribution in [-0.4, -0.2) is 42.4 Å². The van der Waals surface area contributed by atoms with Crippen molar-refractivity contribution in [2.75, 3.05) is 28.6 Å². The lowest BCUT2D eigenvalue weighted by molar-refractivity contribution is -0.116. The highest BCUT2D eigenvalue weighted by Gasteiger charge is 2.24. The second-order valence-electron chi connectivity index (χ2n) is 7.01. The highest BCUT2D eigenvalue weighted by atomic mass is 19.1. The van der Waals surface area contributed by atoms with Gasteiger partial charge in [0.05, 0.1) is 17.9 Å². The van der Waals surface area contributed by atoms with Crippen LogP contribution in [0, 0.1) is 12.7 Å². The zero-order valence-corrected chi connectivity index (χ0v) is 16.0. The van der Waals surface area contributed by atoms with E-state index in [1.807, 2.05) is 18.7 Å². The topological polar surface area (TPSA) is 79.6 Å². The van der Waals surface area contributed by atoms with E-state index in [0.717, 1.165) is 0 Å². The zero-order valence-electron chi connectivity index (χ0n) is 16.0. The molecule has 1 aliphatic heterocycles. The number of carbonyl (C=O) groups excluding carboxylic acids is 1. The van der Waals surface area contributed by atoms with Crippen molar-refractivity contribution in [2.24, 2.45) is 0 Å². The molecule has 1 amide bonds. The summed E-state index contributed by atoms with van der Waals surface area (Å²) in [7, 11) is 0. The highest BCUT2D eigenvalue weighted by molar-refractivity contribution is 5.95. The number of benzene rings is 1. The Hall–Kier alpha value is -2.61.